The monoisotopic (exact) mass is 566 g/mol. The van der Waals surface area contributed by atoms with Crippen LogP contribution in [0.2, 0.25) is 0 Å². The molecule has 0 bridgehead atoms. The molecular formula is C20H16N4Na2O9S2. The van der Waals surface area contributed by atoms with Crippen LogP contribution in [0.5, 0.6) is 0 Å². The summed E-state index contributed by atoms with van der Waals surface area (Å²) in [4.78, 5) is 34.1. The Morgan fingerprint density at radius 3 is 1.92 bits per heavy atom. The third kappa shape index (κ3) is 8.35. The van der Waals surface area contributed by atoms with Crippen LogP contribution in [-0.2, 0) is 36.2 Å². The summed E-state index contributed by atoms with van der Waals surface area (Å²) >= 11 is 0. The molecule has 2 aromatic carbocycles. The van der Waals surface area contributed by atoms with E-state index in [2.05, 4.69) is 20.9 Å². The fraction of sp³-hybridized carbons (Fsp3) is 0.150. The normalized spacial score (nSPS) is 13.4. The Hall–Kier alpha value is -1.79. The van der Waals surface area contributed by atoms with Gasteiger partial charge in [0.2, 0.25) is 17.6 Å². The molecule has 0 aliphatic heterocycles. The van der Waals surface area contributed by atoms with Crippen LogP contribution in [-0.4, -0.2) is 43.5 Å². The van der Waals surface area contributed by atoms with Crippen molar-refractivity contribution in [2.24, 2.45) is 10.2 Å². The standard InChI is InChI=1S/C20H18N4O9S2.2Na/c1-10(25)21-13-3-5-14(6-4-13)23-24-19-17(35(31,32)33)8-12-7-15(34(28,29)30)9-16(22-11(2)26)18(12)20(19)27;;/h3-7,9H,8H2,1-2H3,(H,21,25)(H,22,26)(H,28,29,30)(H,31,32,33);;/q;2*+1/p-2. The average molecular weight is 566 g/mol. The first-order valence-electron chi connectivity index (χ1n) is 9.60. The van der Waals surface area contributed by atoms with Crippen LogP contribution in [0.1, 0.15) is 29.8 Å². The van der Waals surface area contributed by atoms with E-state index in [1.807, 2.05) is 0 Å². The van der Waals surface area contributed by atoms with Crippen molar-refractivity contribution in [3.8, 4) is 0 Å². The molecule has 37 heavy (non-hydrogen) atoms. The van der Waals surface area contributed by atoms with E-state index in [1.165, 1.54) is 31.2 Å². The molecule has 2 amide bonds. The van der Waals surface area contributed by atoms with Gasteiger partial charge in [0.1, 0.15) is 25.9 Å². The molecule has 1 aliphatic rings. The summed E-state index contributed by atoms with van der Waals surface area (Å²) in [5.74, 6) is -2.16. The minimum atomic E-state index is -5.27. The molecule has 0 heterocycles. The topological polar surface area (TPSA) is 214 Å². The van der Waals surface area contributed by atoms with E-state index in [4.69, 9.17) is 0 Å². The molecule has 2 aromatic rings. The van der Waals surface area contributed by atoms with Gasteiger partial charge < -0.3 is 19.7 Å². The van der Waals surface area contributed by atoms with E-state index in [0.717, 1.165) is 19.1 Å². The van der Waals surface area contributed by atoms with E-state index in [1.54, 1.807) is 0 Å². The van der Waals surface area contributed by atoms with E-state index in [9.17, 15) is 40.3 Å². The van der Waals surface area contributed by atoms with Crippen molar-refractivity contribution in [2.45, 2.75) is 25.2 Å². The summed E-state index contributed by atoms with van der Waals surface area (Å²) in [5, 5.41) is 12.2. The van der Waals surface area contributed by atoms with Gasteiger partial charge in [0.05, 0.1) is 26.7 Å². The summed E-state index contributed by atoms with van der Waals surface area (Å²) in [7, 11) is -10.3. The zero-order valence-electron chi connectivity index (χ0n) is 20.1. The second kappa shape index (κ2) is 12.8. The maximum absolute atomic E-state index is 13.2. The Morgan fingerprint density at radius 1 is 0.865 bits per heavy atom. The van der Waals surface area contributed by atoms with Gasteiger partial charge in [-0.05, 0) is 42.0 Å². The Labute approximate surface area is 256 Å². The molecule has 0 spiro atoms. The van der Waals surface area contributed by atoms with Crippen LogP contribution in [0.4, 0.5) is 17.1 Å². The summed E-state index contributed by atoms with van der Waals surface area (Å²) in [6, 6.07) is 7.25. The summed E-state index contributed by atoms with van der Waals surface area (Å²) < 4.78 is 70.3. The predicted molar refractivity (Wildman–Crippen MR) is 119 cm³/mol. The van der Waals surface area contributed by atoms with Crippen molar-refractivity contribution in [2.75, 3.05) is 10.6 Å². The van der Waals surface area contributed by atoms with Crippen molar-refractivity contribution in [1.82, 2.24) is 0 Å². The zero-order chi connectivity index (χ0) is 26.1. The third-order valence-electron chi connectivity index (χ3n) is 4.61. The van der Waals surface area contributed by atoms with Crippen molar-refractivity contribution in [1.29, 1.82) is 0 Å². The maximum Gasteiger partial charge on any atom is 1.00 e. The quantitative estimate of drug-likeness (QED) is 0.197. The summed E-state index contributed by atoms with van der Waals surface area (Å²) in [6.07, 6.45) is -0.765. The first-order chi connectivity index (χ1) is 16.2. The van der Waals surface area contributed by atoms with Crippen molar-refractivity contribution in [3.63, 3.8) is 0 Å². The molecule has 1 aliphatic carbocycles. The van der Waals surface area contributed by atoms with Crippen molar-refractivity contribution in [3.05, 3.63) is 58.1 Å². The average Bonchev–Trinajstić information content (AvgIpc) is 2.71. The number of azo groups is 1. The number of fused-ring (bicyclic) bond motifs is 1. The van der Waals surface area contributed by atoms with Gasteiger partial charge in [-0.25, -0.2) is 16.8 Å². The number of amides is 2. The molecule has 0 unspecified atom stereocenters. The van der Waals surface area contributed by atoms with Crippen molar-refractivity contribution < 1.29 is 99.4 Å². The molecule has 3 rings (SSSR count). The Bertz CT molecular complexity index is 1540. The minimum absolute atomic E-state index is 0. The molecule has 0 radical (unpaired) electrons. The van der Waals surface area contributed by atoms with E-state index < -0.39 is 53.8 Å². The predicted octanol–water partition coefficient (Wildman–Crippen LogP) is -4.20. The molecule has 2 N–H and O–H groups in total. The Morgan fingerprint density at radius 2 is 1.43 bits per heavy atom. The van der Waals surface area contributed by atoms with Gasteiger partial charge in [0, 0.05) is 26.0 Å². The number of allylic oxidation sites excluding steroid dienone is 2. The third-order valence-corrected chi connectivity index (χ3v) is 6.36. The van der Waals surface area contributed by atoms with Crippen LogP contribution in [0.3, 0.4) is 0 Å². The first kappa shape index (κ1) is 33.2. The Kier molecular flexibility index (Phi) is 11.5. The number of rotatable bonds is 6. The van der Waals surface area contributed by atoms with E-state index in [0.29, 0.717) is 5.69 Å². The molecule has 17 heteroatoms. The van der Waals surface area contributed by atoms with Crippen molar-refractivity contribution >= 4 is 54.9 Å². The van der Waals surface area contributed by atoms with Crippen LogP contribution in [0.25, 0.3) is 0 Å². The minimum Gasteiger partial charge on any atom is -0.744 e. The number of hydrogen-bond donors (Lipinski definition) is 2. The van der Waals surface area contributed by atoms with E-state index in [-0.39, 0.29) is 87.5 Å². The Balaban J connectivity index is 0.00000342. The number of carbonyl (C=O) groups excluding carboxylic acids is 3. The number of nitrogens with zero attached hydrogens (tertiary/aromatic N) is 2. The summed E-state index contributed by atoms with van der Waals surface area (Å²) in [6.45, 7) is 2.37. The van der Waals surface area contributed by atoms with E-state index >= 15 is 0 Å². The number of carbonyl (C=O) groups is 3. The maximum atomic E-state index is 13.2. The molecule has 0 saturated carbocycles. The van der Waals surface area contributed by atoms with Gasteiger partial charge in [0.25, 0.3) is 0 Å². The van der Waals surface area contributed by atoms with Crippen LogP contribution in [0, 0.1) is 0 Å². The number of anilines is 2. The number of nitrogens with one attached hydrogen (secondary N) is 2. The number of hydrogen-bond acceptors (Lipinski definition) is 11. The number of ketones is 1. The molecule has 13 nitrogen and oxygen atoms in total. The molecule has 184 valence electrons. The van der Waals surface area contributed by atoms with Crippen LogP contribution >= 0.6 is 0 Å². The van der Waals surface area contributed by atoms with Gasteiger partial charge in [-0.2, -0.15) is 5.11 Å². The molecule has 0 fully saturated rings. The molecule has 0 saturated heterocycles. The second-order valence-electron chi connectivity index (χ2n) is 7.30. The SMILES string of the molecule is CC(=O)Nc1ccc(N=NC2=C(S(=O)(=O)[O-])Cc3cc(S(=O)(=O)[O-])cc(NC(C)=O)c3C2=O)cc1.[Na+].[Na+]. The van der Waals surface area contributed by atoms with Gasteiger partial charge in [-0.3, -0.25) is 14.4 Å². The smallest absolute Gasteiger partial charge is 0.744 e. The zero-order valence-corrected chi connectivity index (χ0v) is 25.7. The number of benzene rings is 2. The van der Waals surface area contributed by atoms with Gasteiger partial charge in [0.15, 0.2) is 0 Å². The fourth-order valence-electron chi connectivity index (χ4n) is 3.25. The second-order valence-corrected chi connectivity index (χ2v) is 10.1. The van der Waals surface area contributed by atoms with Gasteiger partial charge in [-0.15, -0.1) is 5.11 Å². The van der Waals surface area contributed by atoms with Gasteiger partial charge in [-0.1, -0.05) is 0 Å². The van der Waals surface area contributed by atoms with Gasteiger partial charge >= 0.3 is 59.1 Å². The van der Waals surface area contributed by atoms with Crippen LogP contribution in [0.15, 0.2) is 62.1 Å². The first-order valence-corrected chi connectivity index (χ1v) is 12.4. The summed E-state index contributed by atoms with van der Waals surface area (Å²) in [5.41, 5.74) is -1.24. The molecule has 0 aromatic heterocycles. The van der Waals surface area contributed by atoms with Crippen LogP contribution < -0.4 is 69.7 Å². The number of Topliss-reactive ketones (excluding diaryl/α,β-unsaturated/α-hetero) is 1. The molecule has 0 atom stereocenters. The fourth-order valence-corrected chi connectivity index (χ4v) is 4.50. The largest absolute Gasteiger partial charge is 1.00 e. The molecular weight excluding hydrogens is 550 g/mol.